The van der Waals surface area contributed by atoms with E-state index < -0.39 is 0 Å². The molecular formula is C16H16INO2. The highest BCUT2D eigenvalue weighted by atomic mass is 127. The third-order valence-corrected chi connectivity index (χ3v) is 3.29. The third-order valence-electron chi connectivity index (χ3n) is 2.57. The summed E-state index contributed by atoms with van der Waals surface area (Å²) in [5.41, 5.74) is 1.37. The number of ether oxygens (including phenoxy) is 1. The van der Waals surface area contributed by atoms with Crippen molar-refractivity contribution in [2.45, 2.75) is 20.0 Å². The van der Waals surface area contributed by atoms with Crippen molar-refractivity contribution in [1.29, 1.82) is 0 Å². The number of rotatable bonds is 4. The number of carbonyl (C=O) groups is 1. The summed E-state index contributed by atoms with van der Waals surface area (Å²) in [6.45, 7) is 3.94. The summed E-state index contributed by atoms with van der Waals surface area (Å²) >= 11 is 2.21. The fourth-order valence-corrected chi connectivity index (χ4v) is 2.08. The Morgan fingerprint density at radius 3 is 2.50 bits per heavy atom. The van der Waals surface area contributed by atoms with Crippen molar-refractivity contribution >= 4 is 34.2 Å². The zero-order valence-electron chi connectivity index (χ0n) is 11.4. The van der Waals surface area contributed by atoms with Crippen molar-refractivity contribution in [3.63, 3.8) is 0 Å². The van der Waals surface area contributed by atoms with E-state index in [4.69, 9.17) is 4.74 Å². The molecule has 0 heterocycles. The van der Waals surface area contributed by atoms with Crippen molar-refractivity contribution in [1.82, 2.24) is 0 Å². The topological polar surface area (TPSA) is 38.3 Å². The van der Waals surface area contributed by atoms with Crippen molar-refractivity contribution in [3.8, 4) is 5.75 Å². The number of halogens is 1. The highest BCUT2D eigenvalue weighted by molar-refractivity contribution is 14.1. The summed E-state index contributed by atoms with van der Waals surface area (Å²) in [5.74, 6) is 0.628. The first-order chi connectivity index (χ1) is 9.54. The van der Waals surface area contributed by atoms with Crippen LogP contribution in [0.4, 0.5) is 5.69 Å². The number of amides is 1. The molecule has 0 aromatic heterocycles. The second-order valence-corrected chi connectivity index (χ2v) is 5.90. The molecule has 1 N–H and O–H groups in total. The van der Waals surface area contributed by atoms with Crippen LogP contribution in [0.15, 0.2) is 48.5 Å². The normalized spacial score (nSPS) is 10.4. The van der Waals surface area contributed by atoms with Gasteiger partial charge in [-0.1, -0.05) is 6.07 Å². The molecular weight excluding hydrogens is 365 g/mol. The van der Waals surface area contributed by atoms with E-state index in [0.717, 1.165) is 15.0 Å². The van der Waals surface area contributed by atoms with E-state index in [-0.39, 0.29) is 12.0 Å². The first kappa shape index (κ1) is 14.8. The summed E-state index contributed by atoms with van der Waals surface area (Å²) in [6.07, 6.45) is 0.108. The van der Waals surface area contributed by atoms with Crippen LogP contribution in [-0.2, 0) is 0 Å². The number of nitrogens with one attached hydrogen (secondary N) is 1. The van der Waals surface area contributed by atoms with Gasteiger partial charge in [-0.3, -0.25) is 4.79 Å². The zero-order chi connectivity index (χ0) is 14.5. The van der Waals surface area contributed by atoms with Gasteiger partial charge in [0.1, 0.15) is 5.75 Å². The molecule has 0 fully saturated rings. The van der Waals surface area contributed by atoms with Crippen LogP contribution in [0.25, 0.3) is 0 Å². The van der Waals surface area contributed by atoms with Crippen LogP contribution >= 0.6 is 22.6 Å². The number of hydrogen-bond acceptors (Lipinski definition) is 2. The van der Waals surface area contributed by atoms with E-state index >= 15 is 0 Å². The number of benzene rings is 2. The Bertz CT molecular complexity index is 594. The van der Waals surface area contributed by atoms with Crippen LogP contribution in [0.3, 0.4) is 0 Å². The van der Waals surface area contributed by atoms with Crippen molar-refractivity contribution < 1.29 is 9.53 Å². The highest BCUT2D eigenvalue weighted by Gasteiger charge is 2.06. The first-order valence-electron chi connectivity index (χ1n) is 6.38. The quantitative estimate of drug-likeness (QED) is 0.801. The second kappa shape index (κ2) is 6.74. The van der Waals surface area contributed by atoms with Gasteiger partial charge in [0.15, 0.2) is 0 Å². The molecule has 0 aliphatic rings. The van der Waals surface area contributed by atoms with E-state index in [0.29, 0.717) is 5.56 Å². The van der Waals surface area contributed by atoms with Crippen LogP contribution < -0.4 is 10.1 Å². The number of carbonyl (C=O) groups excluding carboxylic acids is 1. The van der Waals surface area contributed by atoms with E-state index in [1.807, 2.05) is 62.4 Å². The molecule has 0 saturated carbocycles. The molecule has 0 radical (unpaired) electrons. The zero-order valence-corrected chi connectivity index (χ0v) is 13.5. The van der Waals surface area contributed by atoms with Gasteiger partial charge in [-0.2, -0.15) is 0 Å². The fraction of sp³-hybridized carbons (Fsp3) is 0.188. The maximum atomic E-state index is 12.1. The van der Waals surface area contributed by atoms with Crippen molar-refractivity contribution in [3.05, 3.63) is 57.7 Å². The lowest BCUT2D eigenvalue weighted by Gasteiger charge is -2.11. The van der Waals surface area contributed by atoms with Crippen LogP contribution in [0.2, 0.25) is 0 Å². The van der Waals surface area contributed by atoms with E-state index in [1.54, 1.807) is 0 Å². The van der Waals surface area contributed by atoms with Crippen molar-refractivity contribution in [2.24, 2.45) is 0 Å². The molecule has 4 heteroatoms. The lowest BCUT2D eigenvalue weighted by Crippen LogP contribution is -2.12. The van der Waals surface area contributed by atoms with Gasteiger partial charge in [-0.15, -0.1) is 0 Å². The fourth-order valence-electron chi connectivity index (χ4n) is 1.72. The second-order valence-electron chi connectivity index (χ2n) is 4.66. The van der Waals surface area contributed by atoms with Crippen LogP contribution in [0, 0.1) is 3.57 Å². The van der Waals surface area contributed by atoms with Gasteiger partial charge in [0.2, 0.25) is 0 Å². The molecule has 0 aliphatic heterocycles. The Kier molecular flexibility index (Phi) is 5.00. The average Bonchev–Trinajstić information content (AvgIpc) is 2.39. The van der Waals surface area contributed by atoms with Gasteiger partial charge in [0.05, 0.1) is 6.10 Å². The predicted octanol–water partition coefficient (Wildman–Crippen LogP) is 4.33. The Morgan fingerprint density at radius 1 is 1.15 bits per heavy atom. The van der Waals surface area contributed by atoms with E-state index in [2.05, 4.69) is 27.9 Å². The molecule has 2 rings (SSSR count). The molecule has 0 unspecified atom stereocenters. The highest BCUT2D eigenvalue weighted by Crippen LogP contribution is 2.19. The molecule has 0 bridgehead atoms. The minimum atomic E-state index is -0.122. The Labute approximate surface area is 132 Å². The molecule has 0 saturated heterocycles. The standard InChI is InChI=1S/C16H16INO2/c1-11(2)20-15-5-3-4-14(10-15)18-16(19)12-6-8-13(17)9-7-12/h3-11H,1-2H3,(H,18,19). The average molecular weight is 381 g/mol. The minimum Gasteiger partial charge on any atom is -0.491 e. The molecule has 2 aromatic carbocycles. The van der Waals surface area contributed by atoms with E-state index in [9.17, 15) is 4.79 Å². The number of anilines is 1. The molecule has 2 aromatic rings. The predicted molar refractivity (Wildman–Crippen MR) is 89.3 cm³/mol. The third kappa shape index (κ3) is 4.23. The van der Waals surface area contributed by atoms with Crippen LogP contribution in [-0.4, -0.2) is 12.0 Å². The largest absolute Gasteiger partial charge is 0.491 e. The first-order valence-corrected chi connectivity index (χ1v) is 7.46. The van der Waals surface area contributed by atoms with Gasteiger partial charge < -0.3 is 10.1 Å². The summed E-state index contributed by atoms with van der Waals surface area (Å²) in [5, 5.41) is 2.87. The van der Waals surface area contributed by atoms with Crippen LogP contribution in [0.1, 0.15) is 24.2 Å². The van der Waals surface area contributed by atoms with Gasteiger partial charge in [0.25, 0.3) is 5.91 Å². The molecule has 1 amide bonds. The van der Waals surface area contributed by atoms with Gasteiger partial charge >= 0.3 is 0 Å². The van der Waals surface area contributed by atoms with Gasteiger partial charge in [-0.05, 0) is 72.8 Å². The van der Waals surface area contributed by atoms with Crippen molar-refractivity contribution in [2.75, 3.05) is 5.32 Å². The lowest BCUT2D eigenvalue weighted by atomic mass is 10.2. The summed E-state index contributed by atoms with van der Waals surface area (Å²) in [4.78, 5) is 12.1. The van der Waals surface area contributed by atoms with Gasteiger partial charge in [-0.25, -0.2) is 0 Å². The Balaban J connectivity index is 2.09. The maximum absolute atomic E-state index is 12.1. The summed E-state index contributed by atoms with van der Waals surface area (Å²) in [6, 6.07) is 14.9. The SMILES string of the molecule is CC(C)Oc1cccc(NC(=O)c2ccc(I)cc2)c1. The summed E-state index contributed by atoms with van der Waals surface area (Å²) in [7, 11) is 0. The van der Waals surface area contributed by atoms with Gasteiger partial charge in [0, 0.05) is 20.9 Å². The molecule has 0 atom stereocenters. The molecule has 0 aliphatic carbocycles. The molecule has 104 valence electrons. The Morgan fingerprint density at radius 2 is 1.85 bits per heavy atom. The minimum absolute atomic E-state index is 0.108. The lowest BCUT2D eigenvalue weighted by molar-refractivity contribution is 0.102. The summed E-state index contributed by atoms with van der Waals surface area (Å²) < 4.78 is 6.71. The molecule has 0 spiro atoms. The number of hydrogen-bond donors (Lipinski definition) is 1. The Hall–Kier alpha value is -1.56. The monoisotopic (exact) mass is 381 g/mol. The maximum Gasteiger partial charge on any atom is 0.255 e. The smallest absolute Gasteiger partial charge is 0.255 e. The van der Waals surface area contributed by atoms with Crippen LogP contribution in [0.5, 0.6) is 5.75 Å². The van der Waals surface area contributed by atoms with E-state index in [1.165, 1.54) is 0 Å². The molecule has 3 nitrogen and oxygen atoms in total. The molecule has 20 heavy (non-hydrogen) atoms.